The molecule has 1 amide bonds. The zero-order valence-corrected chi connectivity index (χ0v) is 19.4. The van der Waals surface area contributed by atoms with Crippen molar-refractivity contribution in [3.8, 4) is 0 Å². The van der Waals surface area contributed by atoms with E-state index in [1.54, 1.807) is 11.8 Å². The van der Waals surface area contributed by atoms with Crippen molar-refractivity contribution in [2.45, 2.75) is 78.4 Å². The third kappa shape index (κ3) is 5.03. The van der Waals surface area contributed by atoms with Crippen molar-refractivity contribution < 1.29 is 23.9 Å². The van der Waals surface area contributed by atoms with Crippen molar-refractivity contribution in [3.63, 3.8) is 0 Å². The lowest BCUT2D eigenvalue weighted by atomic mass is 9.88. The van der Waals surface area contributed by atoms with Gasteiger partial charge in [-0.25, -0.2) is 4.79 Å². The first kappa shape index (κ1) is 23.5. The standard InChI is InChI=1S/C24H36N2O5/c1-5-26-17(3)21(16(2)22(26)24(29)30-4)20(27)15-25(14-19-12-9-13-31-19)23(28)18-10-7-6-8-11-18/h18-19H,5-15H2,1-4H3/t19-/m0/s1. The van der Waals surface area contributed by atoms with Crippen LogP contribution >= 0.6 is 0 Å². The van der Waals surface area contributed by atoms with Gasteiger partial charge in [-0.2, -0.15) is 0 Å². The molecular formula is C24H36N2O5. The summed E-state index contributed by atoms with van der Waals surface area (Å²) >= 11 is 0. The molecule has 2 heterocycles. The summed E-state index contributed by atoms with van der Waals surface area (Å²) in [6, 6.07) is 0. The maximum atomic E-state index is 13.5. The molecule has 1 aromatic rings. The van der Waals surface area contributed by atoms with Crippen molar-refractivity contribution >= 4 is 17.7 Å². The molecule has 0 aromatic carbocycles. The molecule has 1 aliphatic carbocycles. The molecule has 31 heavy (non-hydrogen) atoms. The number of nitrogens with zero attached hydrogens (tertiary/aromatic N) is 2. The molecule has 172 valence electrons. The van der Waals surface area contributed by atoms with E-state index in [0.29, 0.717) is 36.5 Å². The number of ether oxygens (including phenoxy) is 2. The quantitative estimate of drug-likeness (QED) is 0.463. The van der Waals surface area contributed by atoms with Crippen LogP contribution in [0.5, 0.6) is 0 Å². The second-order valence-electron chi connectivity index (χ2n) is 8.78. The Bertz CT molecular complexity index is 816. The van der Waals surface area contributed by atoms with Crippen LogP contribution in [0.25, 0.3) is 0 Å². The fraction of sp³-hybridized carbons (Fsp3) is 0.708. The number of ketones is 1. The summed E-state index contributed by atoms with van der Waals surface area (Å²) in [6.07, 6.45) is 7.00. The van der Waals surface area contributed by atoms with Gasteiger partial charge in [0.05, 0.1) is 19.8 Å². The first-order valence-electron chi connectivity index (χ1n) is 11.6. The minimum Gasteiger partial charge on any atom is -0.464 e. The number of carbonyl (C=O) groups is 3. The second kappa shape index (κ2) is 10.4. The highest BCUT2D eigenvalue weighted by Gasteiger charge is 2.32. The summed E-state index contributed by atoms with van der Waals surface area (Å²) in [4.78, 5) is 40.8. The summed E-state index contributed by atoms with van der Waals surface area (Å²) in [7, 11) is 1.35. The molecular weight excluding hydrogens is 396 g/mol. The molecule has 0 bridgehead atoms. The fourth-order valence-corrected chi connectivity index (χ4v) is 5.19. The molecule has 2 fully saturated rings. The average Bonchev–Trinajstić information content (AvgIpc) is 3.37. The summed E-state index contributed by atoms with van der Waals surface area (Å²) in [5.41, 5.74) is 2.30. The largest absolute Gasteiger partial charge is 0.464 e. The smallest absolute Gasteiger partial charge is 0.354 e. The van der Waals surface area contributed by atoms with Gasteiger partial charge in [0.15, 0.2) is 5.78 Å². The third-order valence-electron chi connectivity index (χ3n) is 6.79. The van der Waals surface area contributed by atoms with Crippen LogP contribution in [0.15, 0.2) is 0 Å². The van der Waals surface area contributed by atoms with Gasteiger partial charge >= 0.3 is 5.97 Å². The number of hydrogen-bond acceptors (Lipinski definition) is 5. The number of hydrogen-bond donors (Lipinski definition) is 0. The van der Waals surface area contributed by atoms with Gasteiger partial charge in [-0.1, -0.05) is 19.3 Å². The molecule has 0 N–H and O–H groups in total. The average molecular weight is 433 g/mol. The van der Waals surface area contributed by atoms with E-state index < -0.39 is 5.97 Å². The minimum absolute atomic E-state index is 0.00369. The summed E-state index contributed by atoms with van der Waals surface area (Å²) in [5, 5.41) is 0. The number of aromatic nitrogens is 1. The highest BCUT2D eigenvalue weighted by molar-refractivity contribution is 6.04. The highest BCUT2D eigenvalue weighted by atomic mass is 16.5. The van der Waals surface area contributed by atoms with E-state index in [4.69, 9.17) is 9.47 Å². The van der Waals surface area contributed by atoms with Crippen LogP contribution in [0.2, 0.25) is 0 Å². The predicted molar refractivity (Wildman–Crippen MR) is 117 cm³/mol. The van der Waals surface area contributed by atoms with Crippen LogP contribution in [0, 0.1) is 19.8 Å². The molecule has 1 aromatic heterocycles. The van der Waals surface area contributed by atoms with Gasteiger partial charge in [0.25, 0.3) is 0 Å². The van der Waals surface area contributed by atoms with E-state index in [-0.39, 0.29) is 30.3 Å². The van der Waals surface area contributed by atoms with Crippen LogP contribution in [-0.2, 0) is 20.8 Å². The van der Waals surface area contributed by atoms with Gasteiger partial charge in [-0.3, -0.25) is 9.59 Å². The Hall–Kier alpha value is -2.15. The summed E-state index contributed by atoms with van der Waals surface area (Å²) in [6.45, 7) is 7.32. The number of amides is 1. The van der Waals surface area contributed by atoms with Crippen molar-refractivity contribution in [1.82, 2.24) is 9.47 Å². The zero-order chi connectivity index (χ0) is 22.5. The van der Waals surface area contributed by atoms with Crippen LogP contribution in [-0.4, -0.2) is 60.0 Å². The molecule has 1 saturated heterocycles. The molecule has 1 saturated carbocycles. The van der Waals surface area contributed by atoms with Crippen molar-refractivity contribution in [2.24, 2.45) is 5.92 Å². The molecule has 1 aliphatic heterocycles. The Balaban J connectivity index is 1.86. The molecule has 0 spiro atoms. The van der Waals surface area contributed by atoms with Gasteiger partial charge < -0.3 is 18.9 Å². The van der Waals surface area contributed by atoms with Gasteiger partial charge in [0.2, 0.25) is 5.91 Å². The second-order valence-corrected chi connectivity index (χ2v) is 8.78. The number of Topliss-reactive ketones (excluding diaryl/α,β-unsaturated/α-hetero) is 1. The first-order chi connectivity index (χ1) is 14.9. The molecule has 2 aliphatic rings. The Morgan fingerprint density at radius 1 is 1.10 bits per heavy atom. The van der Waals surface area contributed by atoms with Gasteiger partial charge in [0.1, 0.15) is 5.69 Å². The highest BCUT2D eigenvalue weighted by Crippen LogP contribution is 2.28. The minimum atomic E-state index is -0.448. The maximum Gasteiger partial charge on any atom is 0.354 e. The molecule has 7 heteroatoms. The Morgan fingerprint density at radius 3 is 2.39 bits per heavy atom. The summed E-state index contributed by atoms with van der Waals surface area (Å²) < 4.78 is 12.5. The van der Waals surface area contributed by atoms with Crippen molar-refractivity contribution in [1.29, 1.82) is 0 Å². The van der Waals surface area contributed by atoms with E-state index in [1.807, 2.05) is 18.4 Å². The van der Waals surface area contributed by atoms with E-state index in [1.165, 1.54) is 13.5 Å². The number of esters is 1. The van der Waals surface area contributed by atoms with Crippen LogP contribution < -0.4 is 0 Å². The predicted octanol–water partition coefficient (Wildman–Crippen LogP) is 3.68. The normalized spacial score (nSPS) is 19.4. The zero-order valence-electron chi connectivity index (χ0n) is 19.4. The molecule has 0 unspecified atom stereocenters. The maximum absolute atomic E-state index is 13.5. The number of methoxy groups -OCH3 is 1. The lowest BCUT2D eigenvalue weighted by molar-refractivity contribution is -0.137. The van der Waals surface area contributed by atoms with E-state index >= 15 is 0 Å². The first-order valence-corrected chi connectivity index (χ1v) is 11.6. The number of rotatable bonds is 8. The lowest BCUT2D eigenvalue weighted by Gasteiger charge is -2.30. The van der Waals surface area contributed by atoms with Crippen LogP contribution in [0.4, 0.5) is 0 Å². The van der Waals surface area contributed by atoms with Gasteiger partial charge in [-0.05, 0) is 52.0 Å². The monoisotopic (exact) mass is 432 g/mol. The Labute approximate surface area is 185 Å². The Morgan fingerprint density at radius 2 is 1.81 bits per heavy atom. The topological polar surface area (TPSA) is 77.8 Å². The fourth-order valence-electron chi connectivity index (χ4n) is 5.19. The molecule has 3 rings (SSSR count). The van der Waals surface area contributed by atoms with Gasteiger partial charge in [-0.15, -0.1) is 0 Å². The SMILES string of the molecule is CCn1c(C)c(C(=O)CN(C[C@@H]2CCCO2)C(=O)C2CCCCC2)c(C)c1C(=O)OC. The third-order valence-corrected chi connectivity index (χ3v) is 6.79. The van der Waals surface area contributed by atoms with E-state index in [2.05, 4.69) is 0 Å². The number of carbonyl (C=O) groups excluding carboxylic acids is 3. The van der Waals surface area contributed by atoms with Gasteiger partial charge in [0, 0.05) is 36.9 Å². The molecule has 0 radical (unpaired) electrons. The molecule has 7 nitrogen and oxygen atoms in total. The van der Waals surface area contributed by atoms with Crippen LogP contribution in [0.1, 0.15) is 84.0 Å². The van der Waals surface area contributed by atoms with Crippen molar-refractivity contribution in [3.05, 3.63) is 22.5 Å². The van der Waals surface area contributed by atoms with Crippen LogP contribution in [0.3, 0.4) is 0 Å². The molecule has 1 atom stereocenters. The Kier molecular flexibility index (Phi) is 7.92. The van der Waals surface area contributed by atoms with E-state index in [9.17, 15) is 14.4 Å². The lowest BCUT2D eigenvalue weighted by Crippen LogP contribution is -2.44. The van der Waals surface area contributed by atoms with E-state index in [0.717, 1.165) is 44.2 Å². The van der Waals surface area contributed by atoms with Crippen molar-refractivity contribution in [2.75, 3.05) is 26.8 Å². The summed E-state index contributed by atoms with van der Waals surface area (Å²) in [5.74, 6) is -0.511.